The first-order valence-electron chi connectivity index (χ1n) is 7.14. The smallest absolute Gasteiger partial charge is 0.319 e. The Hall–Kier alpha value is -2.00. The maximum Gasteiger partial charge on any atom is 0.319 e. The van der Waals surface area contributed by atoms with Crippen molar-refractivity contribution in [2.24, 2.45) is 0 Å². The third-order valence-corrected chi connectivity index (χ3v) is 4.13. The number of para-hydroxylation sites is 1. The minimum atomic E-state index is -0.218. The molecule has 2 aromatic rings. The van der Waals surface area contributed by atoms with E-state index >= 15 is 0 Å². The number of halogens is 1. The average Bonchev–Trinajstić information content (AvgIpc) is 2.50. The highest BCUT2D eigenvalue weighted by Crippen LogP contribution is 2.29. The van der Waals surface area contributed by atoms with Crippen LogP contribution in [0.5, 0.6) is 0 Å². The lowest BCUT2D eigenvalue weighted by Crippen LogP contribution is -2.34. The Morgan fingerprint density at radius 2 is 1.86 bits per heavy atom. The summed E-state index contributed by atoms with van der Waals surface area (Å²) in [4.78, 5) is 12.2. The van der Waals surface area contributed by atoms with E-state index < -0.39 is 0 Å². The van der Waals surface area contributed by atoms with Gasteiger partial charge in [0.05, 0.1) is 16.8 Å². The predicted molar refractivity (Wildman–Crippen MR) is 85.7 cm³/mol. The molecule has 0 saturated heterocycles. The fourth-order valence-corrected chi connectivity index (χ4v) is 2.97. The summed E-state index contributed by atoms with van der Waals surface area (Å²) in [5.74, 6) is 0. The van der Waals surface area contributed by atoms with Crippen molar-refractivity contribution in [3.63, 3.8) is 0 Å². The van der Waals surface area contributed by atoms with Crippen LogP contribution in [0.25, 0.3) is 0 Å². The number of carbonyl (C=O) groups is 1. The van der Waals surface area contributed by atoms with Crippen LogP contribution in [0, 0.1) is 0 Å². The molecule has 1 atom stereocenters. The van der Waals surface area contributed by atoms with E-state index in [4.69, 9.17) is 11.6 Å². The van der Waals surface area contributed by atoms with E-state index in [-0.39, 0.29) is 12.1 Å². The van der Waals surface area contributed by atoms with E-state index in [9.17, 15) is 4.79 Å². The summed E-state index contributed by atoms with van der Waals surface area (Å²) in [7, 11) is 0. The van der Waals surface area contributed by atoms with Gasteiger partial charge in [-0.1, -0.05) is 48.0 Å². The third-order valence-electron chi connectivity index (χ3n) is 3.80. The molecule has 0 aromatic heterocycles. The van der Waals surface area contributed by atoms with Gasteiger partial charge in [-0.25, -0.2) is 4.79 Å². The van der Waals surface area contributed by atoms with E-state index in [2.05, 4.69) is 22.8 Å². The number of benzene rings is 2. The number of nitrogens with one attached hydrogen (secondary N) is 2. The van der Waals surface area contributed by atoms with Crippen molar-refractivity contribution in [2.45, 2.75) is 25.3 Å². The molecule has 2 N–H and O–H groups in total. The molecule has 3 rings (SSSR count). The zero-order valence-corrected chi connectivity index (χ0v) is 12.4. The summed E-state index contributed by atoms with van der Waals surface area (Å²) in [5.41, 5.74) is 3.17. The molecule has 0 unspecified atom stereocenters. The molecule has 21 heavy (non-hydrogen) atoms. The van der Waals surface area contributed by atoms with Crippen molar-refractivity contribution in [2.75, 3.05) is 5.32 Å². The van der Waals surface area contributed by atoms with E-state index in [1.165, 1.54) is 11.1 Å². The van der Waals surface area contributed by atoms with Crippen LogP contribution in [0.2, 0.25) is 5.02 Å². The first-order chi connectivity index (χ1) is 10.2. The number of fused-ring (bicyclic) bond motifs is 1. The van der Waals surface area contributed by atoms with Gasteiger partial charge in [0.25, 0.3) is 0 Å². The van der Waals surface area contributed by atoms with Gasteiger partial charge < -0.3 is 10.6 Å². The summed E-state index contributed by atoms with van der Waals surface area (Å²) < 4.78 is 0. The molecule has 1 aliphatic rings. The topological polar surface area (TPSA) is 41.1 Å². The lowest BCUT2D eigenvalue weighted by atomic mass is 9.88. The fourth-order valence-electron chi connectivity index (χ4n) is 2.78. The van der Waals surface area contributed by atoms with Crippen LogP contribution in [0.4, 0.5) is 10.5 Å². The number of urea groups is 1. The van der Waals surface area contributed by atoms with Crippen molar-refractivity contribution < 1.29 is 4.79 Å². The van der Waals surface area contributed by atoms with Crippen molar-refractivity contribution in [3.8, 4) is 0 Å². The van der Waals surface area contributed by atoms with Crippen LogP contribution >= 0.6 is 11.6 Å². The summed E-state index contributed by atoms with van der Waals surface area (Å²) >= 11 is 6.05. The Balaban J connectivity index is 1.70. The molecule has 0 radical (unpaired) electrons. The lowest BCUT2D eigenvalue weighted by Gasteiger charge is -2.26. The SMILES string of the molecule is O=C(Nc1ccccc1Cl)N[C@@H]1CCCc2ccccc21. The van der Waals surface area contributed by atoms with Crippen LogP contribution in [0.1, 0.15) is 30.0 Å². The standard InChI is InChI=1S/C17H17ClN2O/c18-14-9-3-4-10-16(14)20-17(21)19-15-11-5-7-12-6-1-2-8-13(12)15/h1-4,6,8-10,15H,5,7,11H2,(H2,19,20,21)/t15-/m1/s1. The number of rotatable bonds is 2. The van der Waals surface area contributed by atoms with Crippen molar-refractivity contribution >= 4 is 23.3 Å². The molecule has 0 bridgehead atoms. The molecule has 108 valence electrons. The van der Waals surface area contributed by atoms with Gasteiger partial charge >= 0.3 is 6.03 Å². The zero-order chi connectivity index (χ0) is 14.7. The van der Waals surface area contributed by atoms with Crippen LogP contribution < -0.4 is 10.6 Å². The van der Waals surface area contributed by atoms with Gasteiger partial charge in [-0.3, -0.25) is 0 Å². The maximum absolute atomic E-state index is 12.2. The number of carbonyl (C=O) groups excluding carboxylic acids is 1. The minimum absolute atomic E-state index is 0.0671. The van der Waals surface area contributed by atoms with Gasteiger partial charge in [0.1, 0.15) is 0 Å². The summed E-state index contributed by atoms with van der Waals surface area (Å²) in [5, 5.41) is 6.39. The molecule has 4 heteroatoms. The van der Waals surface area contributed by atoms with E-state index in [0.717, 1.165) is 19.3 Å². The first kappa shape index (κ1) is 14.0. The van der Waals surface area contributed by atoms with Gasteiger partial charge in [0, 0.05) is 0 Å². The number of aryl methyl sites for hydroxylation is 1. The maximum atomic E-state index is 12.2. The van der Waals surface area contributed by atoms with Gasteiger partial charge in [-0.15, -0.1) is 0 Å². The highest BCUT2D eigenvalue weighted by atomic mass is 35.5. The molecule has 0 saturated carbocycles. The Kier molecular flexibility index (Phi) is 4.11. The van der Waals surface area contributed by atoms with Gasteiger partial charge in [0.15, 0.2) is 0 Å². The molecule has 0 spiro atoms. The Morgan fingerprint density at radius 3 is 2.71 bits per heavy atom. The molecule has 3 nitrogen and oxygen atoms in total. The Bertz CT molecular complexity index is 657. The molecule has 2 aromatic carbocycles. The predicted octanol–water partition coefficient (Wildman–Crippen LogP) is 4.54. The van der Waals surface area contributed by atoms with E-state index in [1.807, 2.05) is 24.3 Å². The highest BCUT2D eigenvalue weighted by molar-refractivity contribution is 6.33. The number of anilines is 1. The second-order valence-corrected chi connectivity index (χ2v) is 5.63. The zero-order valence-electron chi connectivity index (χ0n) is 11.6. The van der Waals surface area contributed by atoms with Crippen molar-refractivity contribution in [3.05, 3.63) is 64.7 Å². The van der Waals surface area contributed by atoms with Crippen LogP contribution in [0.3, 0.4) is 0 Å². The Labute approximate surface area is 129 Å². The fraction of sp³-hybridized carbons (Fsp3) is 0.235. The quantitative estimate of drug-likeness (QED) is 0.840. The van der Waals surface area contributed by atoms with E-state index in [1.54, 1.807) is 12.1 Å². The number of hydrogen-bond acceptors (Lipinski definition) is 1. The van der Waals surface area contributed by atoms with Gasteiger partial charge in [-0.2, -0.15) is 0 Å². The van der Waals surface area contributed by atoms with Crippen LogP contribution in [0.15, 0.2) is 48.5 Å². The summed E-state index contributed by atoms with van der Waals surface area (Å²) in [6, 6.07) is 15.4. The second-order valence-electron chi connectivity index (χ2n) is 5.22. The second kappa shape index (κ2) is 6.19. The normalized spacial score (nSPS) is 16.9. The molecular formula is C17H17ClN2O. The molecule has 0 heterocycles. The molecular weight excluding hydrogens is 284 g/mol. The van der Waals surface area contributed by atoms with Crippen molar-refractivity contribution in [1.82, 2.24) is 5.32 Å². The van der Waals surface area contributed by atoms with Crippen molar-refractivity contribution in [1.29, 1.82) is 0 Å². The third kappa shape index (κ3) is 3.19. The average molecular weight is 301 g/mol. The van der Waals surface area contributed by atoms with Gasteiger partial charge in [0.2, 0.25) is 0 Å². The minimum Gasteiger partial charge on any atom is -0.331 e. The Morgan fingerprint density at radius 1 is 1.10 bits per heavy atom. The molecule has 0 aliphatic heterocycles. The monoisotopic (exact) mass is 300 g/mol. The molecule has 0 fully saturated rings. The number of amides is 2. The highest BCUT2D eigenvalue weighted by Gasteiger charge is 2.21. The summed E-state index contributed by atoms with van der Waals surface area (Å²) in [6.07, 6.45) is 3.14. The lowest BCUT2D eigenvalue weighted by molar-refractivity contribution is 0.247. The first-order valence-corrected chi connectivity index (χ1v) is 7.51. The summed E-state index contributed by atoms with van der Waals surface area (Å²) in [6.45, 7) is 0. The molecule has 2 amide bonds. The number of hydrogen-bond donors (Lipinski definition) is 2. The largest absolute Gasteiger partial charge is 0.331 e. The molecule has 1 aliphatic carbocycles. The van der Waals surface area contributed by atoms with E-state index in [0.29, 0.717) is 10.7 Å². The van der Waals surface area contributed by atoms with Crippen LogP contribution in [-0.2, 0) is 6.42 Å². The van der Waals surface area contributed by atoms with Gasteiger partial charge in [-0.05, 0) is 42.5 Å². The van der Waals surface area contributed by atoms with Crippen LogP contribution in [-0.4, -0.2) is 6.03 Å².